The molecule has 5 nitrogen and oxygen atoms in total. The molecule has 0 atom stereocenters. The van der Waals surface area contributed by atoms with E-state index >= 15 is 0 Å². The number of nitrogens with two attached hydrogens (primary N) is 1. The van der Waals surface area contributed by atoms with Crippen LogP contribution in [0.5, 0.6) is 5.75 Å². The molecule has 0 radical (unpaired) electrons. The van der Waals surface area contributed by atoms with Gasteiger partial charge in [0.25, 0.3) is 0 Å². The molecule has 1 aromatic rings. The third kappa shape index (κ3) is 2.53. The van der Waals surface area contributed by atoms with Crippen molar-refractivity contribution in [3.05, 3.63) is 23.5 Å². The number of aromatic carboxylic acids is 1. The lowest BCUT2D eigenvalue weighted by Gasteiger charge is -2.24. The highest BCUT2D eigenvalue weighted by molar-refractivity contribution is 5.96. The molecule has 0 aliphatic carbocycles. The van der Waals surface area contributed by atoms with Crippen LogP contribution in [0, 0.1) is 5.82 Å². The second-order valence-corrected chi connectivity index (χ2v) is 4.07. The van der Waals surface area contributed by atoms with Crippen LogP contribution in [0.25, 0.3) is 0 Å². The zero-order valence-electron chi connectivity index (χ0n) is 9.69. The summed E-state index contributed by atoms with van der Waals surface area (Å²) in [6.07, 6.45) is 1.23. The Bertz CT molecular complexity index is 458. The van der Waals surface area contributed by atoms with Crippen molar-refractivity contribution < 1.29 is 23.8 Å². The lowest BCUT2D eigenvalue weighted by atomic mass is 10.1. The summed E-state index contributed by atoms with van der Waals surface area (Å²) in [7, 11) is 0. The fourth-order valence-corrected chi connectivity index (χ4v) is 1.87. The molecule has 1 aromatic carbocycles. The number of anilines is 1. The van der Waals surface area contributed by atoms with E-state index in [0.717, 1.165) is 6.07 Å². The van der Waals surface area contributed by atoms with Crippen LogP contribution in [0.3, 0.4) is 0 Å². The largest absolute Gasteiger partial charge is 0.489 e. The lowest BCUT2D eigenvalue weighted by Crippen LogP contribution is -2.26. The maximum atomic E-state index is 13.2. The number of carboxylic acid groups (broad SMARTS) is 1. The summed E-state index contributed by atoms with van der Waals surface area (Å²) < 4.78 is 24.0. The highest BCUT2D eigenvalue weighted by Gasteiger charge is 2.22. The summed E-state index contributed by atoms with van der Waals surface area (Å²) in [6, 6.07) is 2.40. The number of carbonyl (C=O) groups is 1. The maximum absolute atomic E-state index is 13.2. The fourth-order valence-electron chi connectivity index (χ4n) is 1.87. The number of halogens is 1. The first-order chi connectivity index (χ1) is 8.59. The van der Waals surface area contributed by atoms with Gasteiger partial charge in [-0.1, -0.05) is 0 Å². The third-order valence-electron chi connectivity index (χ3n) is 2.83. The maximum Gasteiger partial charge on any atom is 0.341 e. The molecule has 0 aromatic heterocycles. The minimum Gasteiger partial charge on any atom is -0.489 e. The second kappa shape index (κ2) is 5.22. The number of benzene rings is 1. The van der Waals surface area contributed by atoms with Gasteiger partial charge in [-0.05, 0) is 12.1 Å². The van der Waals surface area contributed by atoms with Gasteiger partial charge >= 0.3 is 5.97 Å². The number of hydrogen-bond acceptors (Lipinski definition) is 4. The van der Waals surface area contributed by atoms with Crippen LogP contribution >= 0.6 is 0 Å². The average Bonchev–Trinajstić information content (AvgIpc) is 2.35. The SMILES string of the molecule is Nc1c(F)ccc(OC2CCOCC2)c1C(=O)O. The van der Waals surface area contributed by atoms with Gasteiger partial charge in [0.15, 0.2) is 0 Å². The van der Waals surface area contributed by atoms with Crippen molar-refractivity contribution in [1.82, 2.24) is 0 Å². The highest BCUT2D eigenvalue weighted by atomic mass is 19.1. The van der Waals surface area contributed by atoms with Crippen LogP contribution in [0.2, 0.25) is 0 Å². The van der Waals surface area contributed by atoms with E-state index in [1.165, 1.54) is 6.07 Å². The van der Waals surface area contributed by atoms with E-state index in [4.69, 9.17) is 20.3 Å². The predicted octanol–water partition coefficient (Wildman–Crippen LogP) is 1.66. The summed E-state index contributed by atoms with van der Waals surface area (Å²) in [4.78, 5) is 11.1. The van der Waals surface area contributed by atoms with Crippen LogP contribution in [0.4, 0.5) is 10.1 Å². The topological polar surface area (TPSA) is 81.8 Å². The van der Waals surface area contributed by atoms with Crippen LogP contribution in [0.15, 0.2) is 12.1 Å². The van der Waals surface area contributed by atoms with Crippen LogP contribution < -0.4 is 10.5 Å². The van der Waals surface area contributed by atoms with Gasteiger partial charge in [-0.3, -0.25) is 0 Å². The smallest absolute Gasteiger partial charge is 0.341 e. The van der Waals surface area contributed by atoms with E-state index in [9.17, 15) is 9.18 Å². The first-order valence-electron chi connectivity index (χ1n) is 5.65. The van der Waals surface area contributed by atoms with E-state index in [0.29, 0.717) is 26.1 Å². The van der Waals surface area contributed by atoms with E-state index in [1.807, 2.05) is 0 Å². The summed E-state index contributed by atoms with van der Waals surface area (Å²) >= 11 is 0. The van der Waals surface area contributed by atoms with Gasteiger partial charge in [-0.25, -0.2) is 9.18 Å². The van der Waals surface area contributed by atoms with Gasteiger partial charge in [0.2, 0.25) is 0 Å². The van der Waals surface area contributed by atoms with Gasteiger partial charge in [-0.2, -0.15) is 0 Å². The molecule has 6 heteroatoms. The summed E-state index contributed by atoms with van der Waals surface area (Å²) in [5, 5.41) is 9.05. The van der Waals surface area contributed by atoms with E-state index in [-0.39, 0.29) is 17.4 Å². The standard InChI is InChI=1S/C12H14FNO4/c13-8-1-2-9(10(11(8)14)12(15)16)18-7-3-5-17-6-4-7/h1-2,7H,3-6,14H2,(H,15,16). The molecule has 0 saturated carbocycles. The quantitative estimate of drug-likeness (QED) is 0.803. The molecule has 0 spiro atoms. The Morgan fingerprint density at radius 2 is 2.11 bits per heavy atom. The van der Waals surface area contributed by atoms with Crippen molar-refractivity contribution in [3.8, 4) is 5.75 Å². The molecule has 18 heavy (non-hydrogen) atoms. The molecule has 1 heterocycles. The summed E-state index contributed by atoms with van der Waals surface area (Å²) in [5.74, 6) is -1.95. The van der Waals surface area contributed by atoms with E-state index in [2.05, 4.69) is 0 Å². The number of ether oxygens (including phenoxy) is 2. The van der Waals surface area contributed by atoms with Gasteiger partial charge in [0, 0.05) is 12.8 Å². The van der Waals surface area contributed by atoms with Crippen LogP contribution in [0.1, 0.15) is 23.2 Å². The second-order valence-electron chi connectivity index (χ2n) is 4.07. The minimum atomic E-state index is -1.30. The van der Waals surface area contributed by atoms with Crippen LogP contribution in [-0.2, 0) is 4.74 Å². The molecule has 1 aliphatic heterocycles. The Morgan fingerprint density at radius 3 is 2.72 bits per heavy atom. The third-order valence-corrected chi connectivity index (χ3v) is 2.83. The first-order valence-corrected chi connectivity index (χ1v) is 5.65. The molecular weight excluding hydrogens is 241 g/mol. The zero-order chi connectivity index (χ0) is 13.1. The molecule has 0 unspecified atom stereocenters. The number of nitrogen functional groups attached to an aromatic ring is 1. The van der Waals surface area contributed by atoms with Crippen molar-refractivity contribution >= 4 is 11.7 Å². The molecular formula is C12H14FNO4. The normalized spacial score (nSPS) is 16.5. The van der Waals surface area contributed by atoms with Gasteiger partial charge in [0.05, 0.1) is 18.9 Å². The molecule has 1 saturated heterocycles. The Kier molecular flexibility index (Phi) is 3.66. The van der Waals surface area contributed by atoms with E-state index in [1.54, 1.807) is 0 Å². The number of carboxylic acids is 1. The molecule has 98 valence electrons. The van der Waals surface area contributed by atoms with Crippen LogP contribution in [-0.4, -0.2) is 30.4 Å². The fraction of sp³-hybridized carbons (Fsp3) is 0.417. The monoisotopic (exact) mass is 255 g/mol. The van der Waals surface area contributed by atoms with Crippen molar-refractivity contribution in [2.45, 2.75) is 18.9 Å². The highest BCUT2D eigenvalue weighted by Crippen LogP contribution is 2.29. The molecule has 0 amide bonds. The minimum absolute atomic E-state index is 0.105. The Balaban J connectivity index is 2.26. The zero-order valence-corrected chi connectivity index (χ0v) is 9.69. The van der Waals surface area contributed by atoms with Gasteiger partial charge in [0.1, 0.15) is 23.2 Å². The van der Waals surface area contributed by atoms with Crippen molar-refractivity contribution in [1.29, 1.82) is 0 Å². The van der Waals surface area contributed by atoms with E-state index < -0.39 is 17.5 Å². The summed E-state index contributed by atoms with van der Waals surface area (Å²) in [5.41, 5.74) is 4.71. The summed E-state index contributed by atoms with van der Waals surface area (Å²) in [6.45, 7) is 1.15. The van der Waals surface area contributed by atoms with Gasteiger partial charge in [-0.15, -0.1) is 0 Å². The Morgan fingerprint density at radius 1 is 1.44 bits per heavy atom. The predicted molar refractivity (Wildman–Crippen MR) is 62.2 cm³/mol. The number of hydrogen-bond donors (Lipinski definition) is 2. The van der Waals surface area contributed by atoms with Gasteiger partial charge < -0.3 is 20.3 Å². The average molecular weight is 255 g/mol. The molecule has 2 rings (SSSR count). The number of rotatable bonds is 3. The Hall–Kier alpha value is -1.82. The van der Waals surface area contributed by atoms with Crippen molar-refractivity contribution in [2.24, 2.45) is 0 Å². The first kappa shape index (κ1) is 12.6. The molecule has 3 N–H and O–H groups in total. The molecule has 1 aliphatic rings. The Labute approximate surface area is 103 Å². The molecule has 1 fully saturated rings. The molecule has 0 bridgehead atoms. The van der Waals surface area contributed by atoms with Crippen molar-refractivity contribution in [2.75, 3.05) is 18.9 Å². The van der Waals surface area contributed by atoms with Crippen molar-refractivity contribution in [3.63, 3.8) is 0 Å². The lowest BCUT2D eigenvalue weighted by molar-refractivity contribution is 0.0248.